The zero-order valence-corrected chi connectivity index (χ0v) is 12.2. The van der Waals surface area contributed by atoms with Crippen LogP contribution in [0.25, 0.3) is 0 Å². The first-order chi connectivity index (χ1) is 10.0. The van der Waals surface area contributed by atoms with Crippen LogP contribution in [0.5, 0.6) is 0 Å². The first kappa shape index (κ1) is 17.0. The van der Waals surface area contributed by atoms with Gasteiger partial charge in [0.1, 0.15) is 0 Å². The van der Waals surface area contributed by atoms with Gasteiger partial charge in [-0.1, -0.05) is 0 Å². The van der Waals surface area contributed by atoms with Gasteiger partial charge in [0, 0.05) is 18.6 Å². The van der Waals surface area contributed by atoms with E-state index in [4.69, 9.17) is 9.84 Å². The third kappa shape index (κ3) is 6.77. The van der Waals surface area contributed by atoms with E-state index in [1.165, 1.54) is 31.0 Å². The lowest BCUT2D eigenvalue weighted by molar-refractivity contribution is -0.117. The number of methoxy groups -OCH3 is 1. The number of carboxylic acid groups (broad SMARTS) is 1. The van der Waals surface area contributed by atoms with Gasteiger partial charge in [-0.25, -0.2) is 9.59 Å². The molecule has 3 amide bonds. The SMILES string of the molecule is COCCNC(=O)NC(=O)CSc1ccc(C(=O)O)cc1. The summed E-state index contributed by atoms with van der Waals surface area (Å²) in [5.74, 6) is -1.38. The molecular weight excluding hydrogens is 296 g/mol. The average Bonchev–Trinajstić information content (AvgIpc) is 2.46. The Morgan fingerprint density at radius 3 is 2.48 bits per heavy atom. The Morgan fingerprint density at radius 2 is 1.90 bits per heavy atom. The molecule has 1 aromatic rings. The molecular formula is C13H16N2O5S. The summed E-state index contributed by atoms with van der Waals surface area (Å²) in [7, 11) is 1.51. The fraction of sp³-hybridized carbons (Fsp3) is 0.308. The molecule has 0 aliphatic carbocycles. The van der Waals surface area contributed by atoms with Crippen LogP contribution in [0.15, 0.2) is 29.2 Å². The van der Waals surface area contributed by atoms with Gasteiger partial charge in [-0.3, -0.25) is 10.1 Å². The summed E-state index contributed by atoms with van der Waals surface area (Å²) in [4.78, 5) is 34.2. The summed E-state index contributed by atoms with van der Waals surface area (Å²) < 4.78 is 4.76. The molecule has 0 aliphatic heterocycles. The van der Waals surface area contributed by atoms with E-state index >= 15 is 0 Å². The van der Waals surface area contributed by atoms with Crippen molar-refractivity contribution in [3.63, 3.8) is 0 Å². The highest BCUT2D eigenvalue weighted by molar-refractivity contribution is 8.00. The molecule has 0 bridgehead atoms. The molecule has 7 nitrogen and oxygen atoms in total. The van der Waals surface area contributed by atoms with E-state index in [0.29, 0.717) is 13.2 Å². The monoisotopic (exact) mass is 312 g/mol. The van der Waals surface area contributed by atoms with Crippen LogP contribution in [0, 0.1) is 0 Å². The molecule has 0 aromatic heterocycles. The maximum atomic E-state index is 11.5. The minimum Gasteiger partial charge on any atom is -0.478 e. The summed E-state index contributed by atoms with van der Waals surface area (Å²) in [5, 5.41) is 13.4. The van der Waals surface area contributed by atoms with Crippen molar-refractivity contribution in [2.75, 3.05) is 26.0 Å². The molecule has 0 spiro atoms. The Kier molecular flexibility index (Phi) is 7.27. The van der Waals surface area contributed by atoms with Crippen LogP contribution >= 0.6 is 11.8 Å². The van der Waals surface area contributed by atoms with Crippen LogP contribution in [0.1, 0.15) is 10.4 Å². The van der Waals surface area contributed by atoms with Gasteiger partial charge in [-0.2, -0.15) is 0 Å². The Hall–Kier alpha value is -2.06. The van der Waals surface area contributed by atoms with Crippen molar-refractivity contribution in [1.82, 2.24) is 10.6 Å². The predicted molar refractivity (Wildman–Crippen MR) is 77.5 cm³/mol. The maximum Gasteiger partial charge on any atom is 0.335 e. The van der Waals surface area contributed by atoms with Gasteiger partial charge in [0.2, 0.25) is 5.91 Å². The van der Waals surface area contributed by atoms with E-state index in [0.717, 1.165) is 4.90 Å². The van der Waals surface area contributed by atoms with Crippen LogP contribution in [-0.2, 0) is 9.53 Å². The van der Waals surface area contributed by atoms with Gasteiger partial charge in [-0.15, -0.1) is 11.8 Å². The van der Waals surface area contributed by atoms with Gasteiger partial charge in [0.05, 0.1) is 17.9 Å². The molecule has 21 heavy (non-hydrogen) atoms. The van der Waals surface area contributed by atoms with Crippen molar-refractivity contribution in [3.05, 3.63) is 29.8 Å². The number of urea groups is 1. The minimum absolute atomic E-state index is 0.0596. The van der Waals surface area contributed by atoms with E-state index in [9.17, 15) is 14.4 Å². The van der Waals surface area contributed by atoms with E-state index < -0.39 is 17.9 Å². The first-order valence-electron chi connectivity index (χ1n) is 6.05. The van der Waals surface area contributed by atoms with Gasteiger partial charge >= 0.3 is 12.0 Å². The smallest absolute Gasteiger partial charge is 0.335 e. The van der Waals surface area contributed by atoms with Crippen molar-refractivity contribution in [2.24, 2.45) is 0 Å². The van der Waals surface area contributed by atoms with Crippen LogP contribution in [0.4, 0.5) is 4.79 Å². The molecule has 1 aromatic carbocycles. The van der Waals surface area contributed by atoms with Crippen LogP contribution in [-0.4, -0.2) is 49.0 Å². The van der Waals surface area contributed by atoms with Gasteiger partial charge < -0.3 is 15.2 Å². The molecule has 0 heterocycles. The third-order valence-corrected chi connectivity index (χ3v) is 3.33. The molecule has 0 saturated carbocycles. The fourth-order valence-corrected chi connectivity index (χ4v) is 2.01. The van der Waals surface area contributed by atoms with Crippen molar-refractivity contribution in [3.8, 4) is 0 Å². The highest BCUT2D eigenvalue weighted by atomic mass is 32.2. The Labute approximate surface area is 126 Å². The van der Waals surface area contributed by atoms with Crippen molar-refractivity contribution in [1.29, 1.82) is 0 Å². The van der Waals surface area contributed by atoms with E-state index in [1.807, 2.05) is 0 Å². The number of ether oxygens (including phenoxy) is 1. The van der Waals surface area contributed by atoms with E-state index in [-0.39, 0.29) is 11.3 Å². The number of nitrogens with one attached hydrogen (secondary N) is 2. The van der Waals surface area contributed by atoms with E-state index in [1.54, 1.807) is 12.1 Å². The second-order valence-electron chi connectivity index (χ2n) is 3.92. The quantitative estimate of drug-likeness (QED) is 0.511. The number of aromatic carboxylic acids is 1. The summed E-state index contributed by atoms with van der Waals surface area (Å²) >= 11 is 1.21. The molecule has 0 atom stereocenters. The number of carbonyl (C=O) groups excluding carboxylic acids is 2. The molecule has 0 unspecified atom stereocenters. The molecule has 8 heteroatoms. The summed E-state index contributed by atoms with van der Waals surface area (Å²) in [6, 6.07) is 5.57. The third-order valence-electron chi connectivity index (χ3n) is 2.32. The maximum absolute atomic E-state index is 11.5. The highest BCUT2D eigenvalue weighted by Crippen LogP contribution is 2.18. The molecule has 0 radical (unpaired) electrons. The van der Waals surface area contributed by atoms with Crippen molar-refractivity contribution >= 4 is 29.7 Å². The predicted octanol–water partition coefficient (Wildman–Crippen LogP) is 0.949. The number of hydrogen-bond donors (Lipinski definition) is 3. The van der Waals surface area contributed by atoms with Crippen LogP contribution in [0.3, 0.4) is 0 Å². The summed E-state index contributed by atoms with van der Waals surface area (Å²) in [6.45, 7) is 0.686. The fourth-order valence-electron chi connectivity index (χ4n) is 1.32. The largest absolute Gasteiger partial charge is 0.478 e. The van der Waals surface area contributed by atoms with Gasteiger partial charge in [0.15, 0.2) is 0 Å². The Bertz CT molecular complexity index is 504. The molecule has 3 N–H and O–H groups in total. The average molecular weight is 312 g/mol. The molecule has 0 aliphatic rings. The Balaban J connectivity index is 2.32. The number of thioether (sulfide) groups is 1. The summed E-state index contributed by atoms with van der Waals surface area (Å²) in [6.07, 6.45) is 0. The topological polar surface area (TPSA) is 105 Å². The normalized spacial score (nSPS) is 9.95. The molecule has 1 rings (SSSR count). The standard InChI is InChI=1S/C13H16N2O5S/c1-20-7-6-14-13(19)15-11(16)8-21-10-4-2-9(3-5-10)12(17)18/h2-5H,6-8H2,1H3,(H,17,18)(H2,14,15,16,19). The molecule has 0 saturated heterocycles. The first-order valence-corrected chi connectivity index (χ1v) is 7.04. The second kappa shape index (κ2) is 8.98. The number of carbonyl (C=O) groups is 3. The summed E-state index contributed by atoms with van der Waals surface area (Å²) in [5.41, 5.74) is 0.182. The second-order valence-corrected chi connectivity index (χ2v) is 4.96. The molecule has 0 fully saturated rings. The van der Waals surface area contributed by atoms with Crippen LogP contribution < -0.4 is 10.6 Å². The highest BCUT2D eigenvalue weighted by Gasteiger charge is 2.08. The number of amides is 3. The lowest BCUT2D eigenvalue weighted by Crippen LogP contribution is -2.41. The zero-order chi connectivity index (χ0) is 15.7. The number of carboxylic acids is 1. The van der Waals surface area contributed by atoms with Crippen molar-refractivity contribution < 1.29 is 24.2 Å². The van der Waals surface area contributed by atoms with Crippen molar-refractivity contribution in [2.45, 2.75) is 4.90 Å². The Morgan fingerprint density at radius 1 is 1.24 bits per heavy atom. The lowest BCUT2D eigenvalue weighted by Gasteiger charge is -2.06. The number of hydrogen-bond acceptors (Lipinski definition) is 5. The zero-order valence-electron chi connectivity index (χ0n) is 11.4. The number of benzene rings is 1. The number of rotatable bonds is 7. The van der Waals surface area contributed by atoms with Gasteiger partial charge in [-0.05, 0) is 24.3 Å². The van der Waals surface area contributed by atoms with Gasteiger partial charge in [0.25, 0.3) is 0 Å². The number of imide groups is 1. The van der Waals surface area contributed by atoms with E-state index in [2.05, 4.69) is 10.6 Å². The minimum atomic E-state index is -1.00. The van der Waals surface area contributed by atoms with Crippen LogP contribution in [0.2, 0.25) is 0 Å². The molecule has 114 valence electrons. The lowest BCUT2D eigenvalue weighted by atomic mass is 10.2.